The number of aliphatic imine (C=N–C) groups is 1. The molecule has 0 radical (unpaired) electrons. The van der Waals surface area contributed by atoms with Crippen LogP contribution in [0.4, 0.5) is 5.69 Å². The lowest BCUT2D eigenvalue weighted by Gasteiger charge is -2.01. The van der Waals surface area contributed by atoms with E-state index >= 15 is 0 Å². The fourth-order valence-electron chi connectivity index (χ4n) is 2.68. The van der Waals surface area contributed by atoms with Crippen LogP contribution in [0.5, 0.6) is 0 Å². The molecule has 29 heavy (non-hydrogen) atoms. The molecule has 1 amide bonds. The first kappa shape index (κ1) is 19.5. The van der Waals surface area contributed by atoms with Gasteiger partial charge in [0.2, 0.25) is 0 Å². The summed E-state index contributed by atoms with van der Waals surface area (Å²) in [5, 5.41) is 7.96. The Morgan fingerprint density at radius 1 is 1.31 bits per heavy atom. The van der Waals surface area contributed by atoms with Crippen LogP contribution in [0, 0.1) is 0 Å². The second-order valence-corrected chi connectivity index (χ2v) is 7.74. The molecule has 1 aliphatic heterocycles. The monoisotopic (exact) mass is 446 g/mol. The largest absolute Gasteiger partial charge is 0.465 e. The summed E-state index contributed by atoms with van der Waals surface area (Å²) in [6, 6.07) is 8.59. The zero-order chi connectivity index (χ0) is 20.5. The van der Waals surface area contributed by atoms with E-state index in [1.54, 1.807) is 47.1 Å². The van der Waals surface area contributed by atoms with Gasteiger partial charge in [0, 0.05) is 6.20 Å². The van der Waals surface area contributed by atoms with E-state index in [1.807, 2.05) is 0 Å². The molecular weight excluding hydrogens is 435 g/mol. The number of amidine groups is 1. The Bertz CT molecular complexity index is 1200. The molecular formula is C19H12Cl2N4O3S. The molecule has 7 nitrogen and oxygen atoms in total. The van der Waals surface area contributed by atoms with Crippen LogP contribution in [0.1, 0.15) is 15.9 Å². The summed E-state index contributed by atoms with van der Waals surface area (Å²) in [5.41, 5.74) is 2.03. The maximum Gasteiger partial charge on any atom is 0.341 e. The number of hydrogen-bond acceptors (Lipinski definition) is 6. The van der Waals surface area contributed by atoms with E-state index in [4.69, 9.17) is 27.9 Å². The summed E-state index contributed by atoms with van der Waals surface area (Å²) in [6.45, 7) is 0. The number of benzene rings is 1. The van der Waals surface area contributed by atoms with Crippen molar-refractivity contribution in [3.63, 3.8) is 0 Å². The summed E-state index contributed by atoms with van der Waals surface area (Å²) in [6.07, 6.45) is 4.84. The Hall–Kier alpha value is -2.81. The zero-order valence-corrected chi connectivity index (χ0v) is 17.2. The molecule has 10 heteroatoms. The van der Waals surface area contributed by atoms with Crippen molar-refractivity contribution in [1.29, 1.82) is 0 Å². The molecule has 146 valence electrons. The third-order valence-electron chi connectivity index (χ3n) is 4.05. The SMILES string of the molecule is COC(=O)c1cnn2ccc(/C=C3/SC(=Nc4c(Cl)cccc4Cl)NC3=O)cc12. The predicted molar refractivity (Wildman–Crippen MR) is 114 cm³/mol. The number of pyridine rings is 1. The number of carbonyl (C=O) groups is 2. The average molecular weight is 447 g/mol. The van der Waals surface area contributed by atoms with Crippen LogP contribution < -0.4 is 5.32 Å². The number of aromatic nitrogens is 2. The van der Waals surface area contributed by atoms with Gasteiger partial charge in [-0.05, 0) is 47.7 Å². The molecule has 0 saturated carbocycles. The number of hydrogen-bond donors (Lipinski definition) is 1. The molecule has 0 unspecified atom stereocenters. The number of methoxy groups -OCH3 is 1. The number of carbonyl (C=O) groups excluding carboxylic acids is 2. The molecule has 3 aromatic rings. The van der Waals surface area contributed by atoms with E-state index in [9.17, 15) is 9.59 Å². The minimum atomic E-state index is -0.483. The Morgan fingerprint density at radius 2 is 2.07 bits per heavy atom. The van der Waals surface area contributed by atoms with Gasteiger partial charge in [0.05, 0.1) is 33.8 Å². The van der Waals surface area contributed by atoms with Crippen LogP contribution in [-0.4, -0.2) is 33.8 Å². The highest BCUT2D eigenvalue weighted by Crippen LogP contribution is 2.35. The van der Waals surface area contributed by atoms with Crippen molar-refractivity contribution in [3.05, 3.63) is 68.8 Å². The molecule has 0 aliphatic carbocycles. The summed E-state index contributed by atoms with van der Waals surface area (Å²) >= 11 is 13.4. The van der Waals surface area contributed by atoms with Crippen LogP contribution in [0.2, 0.25) is 10.0 Å². The molecule has 0 bridgehead atoms. The summed E-state index contributed by atoms with van der Waals surface area (Å²) in [7, 11) is 1.31. The number of rotatable bonds is 3. The Labute approximate surface area is 179 Å². The van der Waals surface area contributed by atoms with Gasteiger partial charge in [0.25, 0.3) is 5.91 Å². The van der Waals surface area contributed by atoms with Gasteiger partial charge in [0.15, 0.2) is 5.17 Å². The van der Waals surface area contributed by atoms with Crippen LogP contribution in [-0.2, 0) is 9.53 Å². The normalized spacial score (nSPS) is 16.6. The molecule has 3 heterocycles. The summed E-state index contributed by atoms with van der Waals surface area (Å²) in [4.78, 5) is 29.0. The van der Waals surface area contributed by atoms with Gasteiger partial charge < -0.3 is 10.1 Å². The Kier molecular flexibility index (Phi) is 5.31. The number of nitrogens with one attached hydrogen (secondary N) is 1. The molecule has 1 aromatic carbocycles. The number of halogens is 2. The van der Waals surface area contributed by atoms with E-state index in [0.29, 0.717) is 36.9 Å². The molecule has 0 atom stereocenters. The van der Waals surface area contributed by atoms with Gasteiger partial charge in [-0.1, -0.05) is 29.3 Å². The maximum atomic E-state index is 12.3. The highest BCUT2D eigenvalue weighted by Gasteiger charge is 2.24. The van der Waals surface area contributed by atoms with E-state index < -0.39 is 5.97 Å². The third-order valence-corrected chi connectivity index (χ3v) is 5.57. The lowest BCUT2D eigenvalue weighted by atomic mass is 10.2. The van der Waals surface area contributed by atoms with Crippen LogP contribution in [0.15, 0.2) is 52.6 Å². The quantitative estimate of drug-likeness (QED) is 0.478. The van der Waals surface area contributed by atoms with Gasteiger partial charge in [-0.2, -0.15) is 5.10 Å². The number of nitrogens with zero attached hydrogens (tertiary/aromatic N) is 3. The number of esters is 1. The molecule has 1 fully saturated rings. The fourth-order valence-corrected chi connectivity index (χ4v) is 3.99. The topological polar surface area (TPSA) is 85.1 Å². The minimum absolute atomic E-state index is 0.293. The van der Waals surface area contributed by atoms with E-state index in [0.717, 1.165) is 5.56 Å². The maximum absolute atomic E-state index is 12.3. The van der Waals surface area contributed by atoms with Gasteiger partial charge in [-0.25, -0.2) is 14.3 Å². The number of amides is 1. The van der Waals surface area contributed by atoms with Crippen LogP contribution in [0.3, 0.4) is 0 Å². The molecule has 1 aliphatic rings. The average Bonchev–Trinajstić information content (AvgIpc) is 3.27. The highest BCUT2D eigenvalue weighted by atomic mass is 35.5. The minimum Gasteiger partial charge on any atom is -0.465 e. The lowest BCUT2D eigenvalue weighted by molar-refractivity contribution is -0.115. The fraction of sp³-hybridized carbons (Fsp3) is 0.0526. The first-order chi connectivity index (χ1) is 14.0. The Morgan fingerprint density at radius 3 is 2.79 bits per heavy atom. The van der Waals surface area contributed by atoms with Crippen LogP contribution in [0.25, 0.3) is 11.6 Å². The number of para-hydroxylation sites is 1. The number of fused-ring (bicyclic) bond motifs is 1. The van der Waals surface area contributed by atoms with Crippen molar-refractivity contribution in [2.75, 3.05) is 7.11 Å². The van der Waals surface area contributed by atoms with Gasteiger partial charge in [0.1, 0.15) is 11.3 Å². The summed E-state index contributed by atoms with van der Waals surface area (Å²) in [5.74, 6) is -0.776. The van der Waals surface area contributed by atoms with Crippen molar-refractivity contribution < 1.29 is 14.3 Å². The smallest absolute Gasteiger partial charge is 0.341 e. The van der Waals surface area contributed by atoms with Crippen molar-refractivity contribution in [2.45, 2.75) is 0 Å². The molecule has 1 saturated heterocycles. The lowest BCUT2D eigenvalue weighted by Crippen LogP contribution is -2.19. The standard InChI is InChI=1S/C19H12Cl2N4O3S/c1-28-18(27)11-9-22-25-6-5-10(7-14(11)25)8-15-17(26)24-19(29-15)23-16-12(20)3-2-4-13(16)21/h2-9H,1H3,(H,23,24,26)/b15-8+. The van der Waals surface area contributed by atoms with E-state index in [-0.39, 0.29) is 5.91 Å². The van der Waals surface area contributed by atoms with Gasteiger partial charge in [-0.3, -0.25) is 4.79 Å². The number of thioether (sulfide) groups is 1. The molecule has 1 N–H and O–H groups in total. The van der Waals surface area contributed by atoms with Gasteiger partial charge >= 0.3 is 5.97 Å². The first-order valence-corrected chi connectivity index (χ1v) is 9.83. The third kappa shape index (κ3) is 3.87. The first-order valence-electron chi connectivity index (χ1n) is 8.25. The second kappa shape index (κ2) is 7.90. The van der Waals surface area contributed by atoms with E-state index in [1.165, 1.54) is 25.1 Å². The highest BCUT2D eigenvalue weighted by molar-refractivity contribution is 8.18. The van der Waals surface area contributed by atoms with Crippen LogP contribution >= 0.6 is 35.0 Å². The van der Waals surface area contributed by atoms with Crippen molar-refractivity contribution in [2.24, 2.45) is 4.99 Å². The molecule has 0 spiro atoms. The van der Waals surface area contributed by atoms with Crippen molar-refractivity contribution in [1.82, 2.24) is 14.9 Å². The molecule has 2 aromatic heterocycles. The Balaban J connectivity index is 1.66. The van der Waals surface area contributed by atoms with E-state index in [2.05, 4.69) is 15.4 Å². The van der Waals surface area contributed by atoms with Crippen molar-refractivity contribution >= 4 is 69.3 Å². The predicted octanol–water partition coefficient (Wildman–Crippen LogP) is 4.32. The summed E-state index contributed by atoms with van der Waals surface area (Å²) < 4.78 is 6.33. The van der Waals surface area contributed by atoms with Crippen molar-refractivity contribution in [3.8, 4) is 0 Å². The second-order valence-electron chi connectivity index (χ2n) is 5.89. The van der Waals surface area contributed by atoms with Gasteiger partial charge in [-0.15, -0.1) is 0 Å². The molecule has 4 rings (SSSR count). The number of ether oxygens (including phenoxy) is 1. The zero-order valence-electron chi connectivity index (χ0n) is 14.8.